The van der Waals surface area contributed by atoms with Crippen LogP contribution in [0.15, 0.2) is 47.4 Å². The van der Waals surface area contributed by atoms with Gasteiger partial charge in [-0.05, 0) is 58.4 Å². The lowest BCUT2D eigenvalue weighted by atomic mass is 10.2. The average Bonchev–Trinajstić information content (AvgIpc) is 2.94. The van der Waals surface area contributed by atoms with Gasteiger partial charge in [0, 0.05) is 6.20 Å². The molecule has 3 rings (SSSR count). The van der Waals surface area contributed by atoms with E-state index in [0.29, 0.717) is 17.2 Å². The third-order valence-corrected chi connectivity index (χ3v) is 3.93. The summed E-state index contributed by atoms with van der Waals surface area (Å²) < 4.78 is 8.34. The first-order valence-corrected chi connectivity index (χ1v) is 8.82. The topological polar surface area (TPSA) is 77.6 Å². The van der Waals surface area contributed by atoms with Crippen molar-refractivity contribution in [2.75, 3.05) is 0 Å². The summed E-state index contributed by atoms with van der Waals surface area (Å²) in [6, 6.07) is 10.5. The maximum Gasteiger partial charge on any atom is 0.408 e. The van der Waals surface area contributed by atoms with Crippen LogP contribution in [-0.4, -0.2) is 25.6 Å². The van der Waals surface area contributed by atoms with Crippen molar-refractivity contribution in [1.29, 1.82) is 0 Å². The third kappa shape index (κ3) is 4.02. The summed E-state index contributed by atoms with van der Waals surface area (Å²) in [4.78, 5) is 30.0. The molecule has 0 fully saturated rings. The molecule has 1 unspecified atom stereocenters. The molecule has 0 bridgehead atoms. The van der Waals surface area contributed by atoms with Crippen LogP contribution in [0.2, 0.25) is 0 Å². The van der Waals surface area contributed by atoms with E-state index in [1.54, 1.807) is 33.9 Å². The molecule has 7 nitrogen and oxygen atoms in total. The second-order valence-corrected chi connectivity index (χ2v) is 7.54. The molecule has 1 amide bonds. The van der Waals surface area contributed by atoms with Crippen LogP contribution in [0, 0.1) is 6.92 Å². The first kappa shape index (κ1) is 18.7. The number of aromatic nitrogens is 3. The molecule has 2 heterocycles. The Labute approximate surface area is 157 Å². The monoisotopic (exact) mass is 368 g/mol. The summed E-state index contributed by atoms with van der Waals surface area (Å²) in [5.41, 5.74) is 1.30. The molecular weight excluding hydrogens is 344 g/mol. The zero-order chi connectivity index (χ0) is 19.8. The highest BCUT2D eigenvalue weighted by molar-refractivity contribution is 5.68. The quantitative estimate of drug-likeness (QED) is 0.769. The van der Waals surface area contributed by atoms with Crippen molar-refractivity contribution in [3.05, 3.63) is 64.5 Å². The molecule has 0 aliphatic heterocycles. The van der Waals surface area contributed by atoms with E-state index in [0.717, 1.165) is 5.56 Å². The van der Waals surface area contributed by atoms with E-state index >= 15 is 0 Å². The largest absolute Gasteiger partial charge is 0.444 e. The zero-order valence-corrected chi connectivity index (χ0v) is 16.2. The molecule has 1 N–H and O–H groups in total. The van der Waals surface area contributed by atoms with Crippen LogP contribution in [0.25, 0.3) is 11.3 Å². The van der Waals surface area contributed by atoms with Crippen LogP contribution in [0.3, 0.4) is 0 Å². The Morgan fingerprint density at radius 2 is 1.89 bits per heavy atom. The Morgan fingerprint density at radius 3 is 2.52 bits per heavy atom. The van der Waals surface area contributed by atoms with Gasteiger partial charge in [-0.2, -0.15) is 0 Å². The van der Waals surface area contributed by atoms with Crippen LogP contribution in [0.1, 0.15) is 45.1 Å². The van der Waals surface area contributed by atoms with E-state index in [1.807, 2.05) is 43.3 Å². The first-order chi connectivity index (χ1) is 12.7. The Bertz CT molecular complexity index is 1030. The van der Waals surface area contributed by atoms with Gasteiger partial charge in [0.25, 0.3) is 0 Å². The highest BCUT2D eigenvalue weighted by atomic mass is 16.6. The molecule has 1 aromatic carbocycles. The number of ether oxygens (including phenoxy) is 1. The smallest absolute Gasteiger partial charge is 0.408 e. The summed E-state index contributed by atoms with van der Waals surface area (Å²) in [6.45, 7) is 9.07. The van der Waals surface area contributed by atoms with Gasteiger partial charge in [0.1, 0.15) is 17.1 Å². The zero-order valence-electron chi connectivity index (χ0n) is 16.2. The summed E-state index contributed by atoms with van der Waals surface area (Å²) >= 11 is 0. The molecule has 7 heteroatoms. The molecule has 1 atom stereocenters. The van der Waals surface area contributed by atoms with Gasteiger partial charge in [0.2, 0.25) is 0 Å². The van der Waals surface area contributed by atoms with Crippen molar-refractivity contribution in [3.63, 3.8) is 0 Å². The number of carbonyl (C=O) groups excluding carboxylic acids is 1. The summed E-state index contributed by atoms with van der Waals surface area (Å²) in [7, 11) is 0. The number of hydrogen-bond donors (Lipinski definition) is 1. The Hall–Kier alpha value is -3.09. The van der Waals surface area contributed by atoms with Gasteiger partial charge in [0.15, 0.2) is 0 Å². The predicted octanol–water partition coefficient (Wildman–Crippen LogP) is 3.38. The predicted molar refractivity (Wildman–Crippen MR) is 103 cm³/mol. The third-order valence-electron chi connectivity index (χ3n) is 3.93. The van der Waals surface area contributed by atoms with E-state index in [-0.39, 0.29) is 5.69 Å². The van der Waals surface area contributed by atoms with Crippen LogP contribution in [0.4, 0.5) is 4.79 Å². The number of hydrogen-bond acceptors (Lipinski definition) is 4. The van der Waals surface area contributed by atoms with E-state index in [1.165, 1.54) is 8.97 Å². The van der Waals surface area contributed by atoms with Crippen LogP contribution < -0.4 is 11.0 Å². The summed E-state index contributed by atoms with van der Waals surface area (Å²) in [6.07, 6.45) is 1.19. The molecule has 0 radical (unpaired) electrons. The SMILES string of the molecule is Cc1cc2nc(C(C)NC(=O)OC(C)(C)C)n(-c3ccccc3)c(=O)n2c1. The molecule has 2 aromatic heterocycles. The minimum absolute atomic E-state index is 0.243. The number of rotatable bonds is 3. The van der Waals surface area contributed by atoms with E-state index in [9.17, 15) is 9.59 Å². The van der Waals surface area contributed by atoms with Crippen LogP contribution in [-0.2, 0) is 4.74 Å². The maximum absolute atomic E-state index is 13.1. The lowest BCUT2D eigenvalue weighted by molar-refractivity contribution is 0.0505. The number of para-hydroxylation sites is 1. The van der Waals surface area contributed by atoms with E-state index < -0.39 is 17.7 Å². The molecule has 0 saturated carbocycles. The van der Waals surface area contributed by atoms with Crippen molar-refractivity contribution in [2.24, 2.45) is 0 Å². The van der Waals surface area contributed by atoms with Gasteiger partial charge < -0.3 is 10.1 Å². The highest BCUT2D eigenvalue weighted by Crippen LogP contribution is 2.17. The maximum atomic E-state index is 13.1. The highest BCUT2D eigenvalue weighted by Gasteiger charge is 2.22. The second-order valence-electron chi connectivity index (χ2n) is 7.54. The molecule has 0 aliphatic rings. The van der Waals surface area contributed by atoms with Crippen LogP contribution >= 0.6 is 0 Å². The number of benzene rings is 1. The van der Waals surface area contributed by atoms with Crippen molar-refractivity contribution in [2.45, 2.75) is 46.3 Å². The summed E-state index contributed by atoms with van der Waals surface area (Å²) in [5, 5.41) is 2.77. The molecule has 0 spiro atoms. The Kier molecular flexibility index (Phi) is 4.78. The number of amides is 1. The number of carbonyl (C=O) groups is 1. The lowest BCUT2D eigenvalue weighted by Gasteiger charge is -2.23. The standard InChI is InChI=1S/C20H24N4O3/c1-13-11-16-22-17(14(2)21-18(25)27-20(3,4)5)24(19(26)23(16)12-13)15-9-7-6-8-10-15/h6-12,14H,1-5H3,(H,21,25). The van der Waals surface area contributed by atoms with Gasteiger partial charge in [-0.1, -0.05) is 18.2 Å². The number of nitrogens with zero attached hydrogens (tertiary/aromatic N) is 3. The van der Waals surface area contributed by atoms with Crippen molar-refractivity contribution in [1.82, 2.24) is 19.3 Å². The molecule has 3 aromatic rings. The van der Waals surface area contributed by atoms with Gasteiger partial charge >= 0.3 is 11.8 Å². The Morgan fingerprint density at radius 1 is 1.22 bits per heavy atom. The second kappa shape index (κ2) is 6.90. The van der Waals surface area contributed by atoms with Crippen molar-refractivity contribution >= 4 is 11.7 Å². The van der Waals surface area contributed by atoms with Gasteiger partial charge in [-0.15, -0.1) is 0 Å². The minimum Gasteiger partial charge on any atom is -0.444 e. The number of nitrogens with one attached hydrogen (secondary N) is 1. The molecular formula is C20H24N4O3. The fraction of sp³-hybridized carbons (Fsp3) is 0.350. The number of alkyl carbamates (subject to hydrolysis) is 1. The van der Waals surface area contributed by atoms with E-state index in [2.05, 4.69) is 10.3 Å². The van der Waals surface area contributed by atoms with Crippen molar-refractivity contribution < 1.29 is 9.53 Å². The Balaban J connectivity index is 2.10. The van der Waals surface area contributed by atoms with Crippen LogP contribution in [0.5, 0.6) is 0 Å². The van der Waals surface area contributed by atoms with Gasteiger partial charge in [-0.25, -0.2) is 19.1 Å². The average molecular weight is 368 g/mol. The van der Waals surface area contributed by atoms with E-state index in [4.69, 9.17) is 4.74 Å². The fourth-order valence-electron chi connectivity index (χ4n) is 2.85. The first-order valence-electron chi connectivity index (χ1n) is 8.82. The molecule has 142 valence electrons. The normalized spacial score (nSPS) is 12.8. The van der Waals surface area contributed by atoms with Gasteiger partial charge in [-0.3, -0.25) is 4.40 Å². The molecule has 0 aliphatic carbocycles. The molecule has 0 saturated heterocycles. The van der Waals surface area contributed by atoms with Crippen molar-refractivity contribution in [3.8, 4) is 5.69 Å². The summed E-state index contributed by atoms with van der Waals surface area (Å²) in [5.74, 6) is 0.433. The molecule has 27 heavy (non-hydrogen) atoms. The van der Waals surface area contributed by atoms with Gasteiger partial charge in [0.05, 0.1) is 11.7 Å². The number of fused-ring (bicyclic) bond motifs is 1. The minimum atomic E-state index is -0.612. The lowest BCUT2D eigenvalue weighted by Crippen LogP contribution is -2.38. The number of aryl methyl sites for hydroxylation is 1. The fourth-order valence-corrected chi connectivity index (χ4v) is 2.85.